The number of para-hydroxylation sites is 2. The van der Waals surface area contributed by atoms with Crippen molar-refractivity contribution in [1.82, 2.24) is 14.8 Å². The number of aromatic nitrogens is 3. The zero-order valence-electron chi connectivity index (χ0n) is 15.4. The molecule has 0 aliphatic heterocycles. The molecule has 3 rings (SSSR count). The Morgan fingerprint density at radius 3 is 2.43 bits per heavy atom. The molecule has 0 atom stereocenters. The highest BCUT2D eigenvalue weighted by atomic mass is 32.2. The van der Waals surface area contributed by atoms with E-state index in [1.165, 1.54) is 16.7 Å². The third-order valence-electron chi connectivity index (χ3n) is 3.84. The van der Waals surface area contributed by atoms with Gasteiger partial charge in [0, 0.05) is 11.4 Å². The molecule has 0 N–H and O–H groups in total. The number of carbonyl (C=O) groups excluding carboxylic acids is 2. The lowest BCUT2D eigenvalue weighted by Gasteiger charge is -2.21. The number of rotatable bonds is 8. The van der Waals surface area contributed by atoms with Gasteiger partial charge >= 0.3 is 5.97 Å². The van der Waals surface area contributed by atoms with Gasteiger partial charge in [0.25, 0.3) is 0 Å². The second-order valence-electron chi connectivity index (χ2n) is 5.73. The van der Waals surface area contributed by atoms with Crippen molar-refractivity contribution in [1.29, 1.82) is 0 Å². The van der Waals surface area contributed by atoms with Crippen LogP contribution in [0.4, 0.5) is 5.69 Å². The van der Waals surface area contributed by atoms with Crippen molar-refractivity contribution in [2.75, 3.05) is 23.8 Å². The second-order valence-corrected chi connectivity index (χ2v) is 6.67. The molecule has 0 saturated carbocycles. The van der Waals surface area contributed by atoms with Gasteiger partial charge in [-0.1, -0.05) is 48.2 Å². The van der Waals surface area contributed by atoms with Gasteiger partial charge < -0.3 is 9.64 Å². The van der Waals surface area contributed by atoms with E-state index in [1.807, 2.05) is 53.1 Å². The van der Waals surface area contributed by atoms with E-state index in [9.17, 15) is 9.59 Å². The third-order valence-corrected chi connectivity index (χ3v) is 4.76. The molecule has 0 aliphatic rings. The van der Waals surface area contributed by atoms with Crippen LogP contribution in [0.1, 0.15) is 6.92 Å². The Bertz CT molecular complexity index is 915. The van der Waals surface area contributed by atoms with E-state index in [0.717, 1.165) is 5.69 Å². The Labute approximate surface area is 167 Å². The van der Waals surface area contributed by atoms with Crippen molar-refractivity contribution in [3.05, 3.63) is 67.0 Å². The first kappa shape index (κ1) is 19.6. The third kappa shape index (κ3) is 4.98. The van der Waals surface area contributed by atoms with E-state index in [1.54, 1.807) is 25.4 Å². The summed E-state index contributed by atoms with van der Waals surface area (Å²) >= 11 is 1.27. The molecular formula is C20H20N4O3S. The van der Waals surface area contributed by atoms with Crippen LogP contribution in [0.2, 0.25) is 0 Å². The van der Waals surface area contributed by atoms with Crippen LogP contribution in [0.25, 0.3) is 5.69 Å². The summed E-state index contributed by atoms with van der Waals surface area (Å²) in [5, 5.41) is 8.65. The van der Waals surface area contributed by atoms with Gasteiger partial charge in [-0.3, -0.25) is 14.2 Å². The topological polar surface area (TPSA) is 77.3 Å². The average molecular weight is 396 g/mol. The molecule has 0 saturated heterocycles. The average Bonchev–Trinajstić information content (AvgIpc) is 3.20. The second kappa shape index (κ2) is 9.70. The normalized spacial score (nSPS) is 10.5. The number of anilines is 1. The van der Waals surface area contributed by atoms with Gasteiger partial charge in [0.15, 0.2) is 5.16 Å². The summed E-state index contributed by atoms with van der Waals surface area (Å²) in [7, 11) is 0. The molecule has 1 heterocycles. The quantitative estimate of drug-likeness (QED) is 0.430. The first-order chi connectivity index (χ1) is 13.7. The maximum Gasteiger partial charge on any atom is 0.326 e. The minimum absolute atomic E-state index is 0.111. The van der Waals surface area contributed by atoms with Crippen LogP contribution in [-0.4, -0.2) is 45.5 Å². The van der Waals surface area contributed by atoms with Gasteiger partial charge in [0.2, 0.25) is 5.91 Å². The number of benzene rings is 2. The number of carbonyl (C=O) groups is 2. The smallest absolute Gasteiger partial charge is 0.326 e. The molecule has 144 valence electrons. The summed E-state index contributed by atoms with van der Waals surface area (Å²) in [6, 6.07) is 18.7. The monoisotopic (exact) mass is 396 g/mol. The molecule has 7 nitrogen and oxygen atoms in total. The van der Waals surface area contributed by atoms with Crippen molar-refractivity contribution < 1.29 is 14.3 Å². The lowest BCUT2D eigenvalue weighted by molar-refractivity contribution is -0.142. The molecule has 0 aliphatic carbocycles. The van der Waals surface area contributed by atoms with Crippen molar-refractivity contribution in [2.24, 2.45) is 0 Å². The van der Waals surface area contributed by atoms with Crippen LogP contribution in [0.3, 0.4) is 0 Å². The Kier molecular flexibility index (Phi) is 6.80. The highest BCUT2D eigenvalue weighted by Gasteiger charge is 2.21. The summed E-state index contributed by atoms with van der Waals surface area (Å²) in [6.07, 6.45) is 1.61. The molecule has 1 aromatic heterocycles. The lowest BCUT2D eigenvalue weighted by atomic mass is 10.3. The van der Waals surface area contributed by atoms with Gasteiger partial charge in [-0.05, 0) is 31.2 Å². The zero-order valence-corrected chi connectivity index (χ0v) is 16.2. The molecule has 0 spiro atoms. The summed E-state index contributed by atoms with van der Waals surface area (Å²) in [6.45, 7) is 1.87. The molecule has 0 bridgehead atoms. The highest BCUT2D eigenvalue weighted by Crippen LogP contribution is 2.21. The SMILES string of the molecule is CCOC(=O)CN(C(=O)CSc1nncn1-c1ccccc1)c1ccccc1. The van der Waals surface area contributed by atoms with Crippen LogP contribution >= 0.6 is 11.8 Å². The largest absolute Gasteiger partial charge is 0.465 e. The van der Waals surface area contributed by atoms with Crippen LogP contribution in [0.5, 0.6) is 0 Å². The Morgan fingerprint density at radius 2 is 1.75 bits per heavy atom. The van der Waals surface area contributed by atoms with Crippen molar-refractivity contribution in [2.45, 2.75) is 12.1 Å². The number of nitrogens with zero attached hydrogens (tertiary/aromatic N) is 4. The fraction of sp³-hybridized carbons (Fsp3) is 0.200. The van der Waals surface area contributed by atoms with Gasteiger partial charge in [-0.25, -0.2) is 0 Å². The standard InChI is InChI=1S/C20H20N4O3S/c1-2-27-19(26)13-23(16-9-5-3-6-10-16)18(25)14-28-20-22-21-15-24(20)17-11-7-4-8-12-17/h3-12,15H,2,13-14H2,1H3. The molecule has 0 unspecified atom stereocenters. The first-order valence-electron chi connectivity index (χ1n) is 8.78. The maximum absolute atomic E-state index is 12.9. The molecular weight excluding hydrogens is 376 g/mol. The predicted molar refractivity (Wildman–Crippen MR) is 108 cm³/mol. The van der Waals surface area contributed by atoms with Crippen LogP contribution < -0.4 is 4.90 Å². The van der Waals surface area contributed by atoms with Gasteiger partial charge in [0.1, 0.15) is 12.9 Å². The predicted octanol–water partition coefficient (Wildman–Crippen LogP) is 2.96. The maximum atomic E-state index is 12.9. The Morgan fingerprint density at radius 1 is 1.07 bits per heavy atom. The van der Waals surface area contributed by atoms with Crippen LogP contribution in [0.15, 0.2) is 72.1 Å². The molecule has 8 heteroatoms. The lowest BCUT2D eigenvalue weighted by Crippen LogP contribution is -2.37. The fourth-order valence-electron chi connectivity index (χ4n) is 2.56. The van der Waals surface area contributed by atoms with E-state index >= 15 is 0 Å². The van der Waals surface area contributed by atoms with E-state index < -0.39 is 5.97 Å². The number of hydrogen-bond acceptors (Lipinski definition) is 6. The Hall–Kier alpha value is -3.13. The first-order valence-corrected chi connectivity index (χ1v) is 9.77. The number of thioether (sulfide) groups is 1. The van der Waals surface area contributed by atoms with Crippen molar-refractivity contribution in [3.63, 3.8) is 0 Å². The van der Waals surface area contributed by atoms with Crippen molar-refractivity contribution >= 4 is 29.3 Å². The highest BCUT2D eigenvalue weighted by molar-refractivity contribution is 7.99. The molecule has 1 amide bonds. The van der Waals surface area contributed by atoms with Crippen molar-refractivity contribution in [3.8, 4) is 5.69 Å². The fourth-order valence-corrected chi connectivity index (χ4v) is 3.36. The summed E-state index contributed by atoms with van der Waals surface area (Å²) < 4.78 is 6.82. The summed E-state index contributed by atoms with van der Waals surface area (Å²) in [5.74, 6) is -0.552. The van der Waals surface area contributed by atoms with E-state index in [0.29, 0.717) is 10.8 Å². The Balaban J connectivity index is 1.73. The molecule has 2 aromatic carbocycles. The van der Waals surface area contributed by atoms with Crippen LogP contribution in [0, 0.1) is 0 Å². The van der Waals surface area contributed by atoms with E-state index in [4.69, 9.17) is 4.74 Å². The minimum atomic E-state index is -0.447. The zero-order chi connectivity index (χ0) is 19.8. The van der Waals surface area contributed by atoms with E-state index in [2.05, 4.69) is 10.2 Å². The summed E-state index contributed by atoms with van der Waals surface area (Å²) in [4.78, 5) is 26.2. The summed E-state index contributed by atoms with van der Waals surface area (Å²) in [5.41, 5.74) is 1.56. The van der Waals surface area contributed by atoms with Gasteiger partial charge in [0.05, 0.1) is 12.4 Å². The van der Waals surface area contributed by atoms with Gasteiger partial charge in [-0.2, -0.15) is 0 Å². The number of ether oxygens (including phenoxy) is 1. The minimum Gasteiger partial charge on any atom is -0.465 e. The molecule has 0 fully saturated rings. The number of esters is 1. The number of amides is 1. The molecule has 28 heavy (non-hydrogen) atoms. The van der Waals surface area contributed by atoms with E-state index in [-0.39, 0.29) is 24.8 Å². The molecule has 3 aromatic rings. The number of hydrogen-bond donors (Lipinski definition) is 0. The van der Waals surface area contributed by atoms with Gasteiger partial charge in [-0.15, -0.1) is 10.2 Å². The molecule has 0 radical (unpaired) electrons. The van der Waals surface area contributed by atoms with Crippen LogP contribution in [-0.2, 0) is 14.3 Å².